The molecular formula is C9H9F4N. The third kappa shape index (κ3) is 2.99. The molecule has 1 atom stereocenters. The molecule has 0 aromatic heterocycles. The van der Waals surface area contributed by atoms with Gasteiger partial charge in [0.15, 0.2) is 0 Å². The molecule has 0 aliphatic rings. The van der Waals surface area contributed by atoms with E-state index in [9.17, 15) is 17.6 Å². The summed E-state index contributed by atoms with van der Waals surface area (Å²) in [6.07, 6.45) is -4.84. The van der Waals surface area contributed by atoms with Gasteiger partial charge < -0.3 is 5.73 Å². The van der Waals surface area contributed by atoms with Gasteiger partial charge in [-0.25, -0.2) is 4.39 Å². The van der Waals surface area contributed by atoms with E-state index in [0.29, 0.717) is 0 Å². The predicted octanol–water partition coefficient (Wildman–Crippen LogP) is 2.26. The number of hydrogen-bond donors (Lipinski definition) is 1. The van der Waals surface area contributed by atoms with E-state index in [1.165, 1.54) is 18.2 Å². The van der Waals surface area contributed by atoms with Crippen LogP contribution in [-0.4, -0.2) is 12.2 Å². The first-order valence-corrected chi connectivity index (χ1v) is 3.96. The Morgan fingerprint density at radius 3 is 2.43 bits per heavy atom. The van der Waals surface area contributed by atoms with Crippen molar-refractivity contribution in [2.75, 3.05) is 0 Å². The molecule has 1 rings (SSSR count). The van der Waals surface area contributed by atoms with Gasteiger partial charge in [0.2, 0.25) is 0 Å². The van der Waals surface area contributed by atoms with E-state index in [4.69, 9.17) is 5.73 Å². The maximum atomic E-state index is 12.6. The van der Waals surface area contributed by atoms with Crippen molar-refractivity contribution >= 4 is 0 Å². The van der Waals surface area contributed by atoms with E-state index in [1.54, 1.807) is 0 Å². The number of alkyl halides is 3. The van der Waals surface area contributed by atoms with Crippen LogP contribution < -0.4 is 5.73 Å². The van der Waals surface area contributed by atoms with Crippen LogP contribution in [0.2, 0.25) is 0 Å². The van der Waals surface area contributed by atoms with Crippen LogP contribution in [0.5, 0.6) is 0 Å². The van der Waals surface area contributed by atoms with Crippen LogP contribution >= 0.6 is 0 Å². The largest absolute Gasteiger partial charge is 0.403 e. The van der Waals surface area contributed by atoms with Crippen molar-refractivity contribution in [1.82, 2.24) is 0 Å². The third-order valence-corrected chi connectivity index (χ3v) is 1.77. The fraction of sp³-hybridized carbons (Fsp3) is 0.333. The van der Waals surface area contributed by atoms with Gasteiger partial charge in [-0.05, 0) is 24.1 Å². The summed E-state index contributed by atoms with van der Waals surface area (Å²) >= 11 is 0. The Bertz CT molecular complexity index is 308. The lowest BCUT2D eigenvalue weighted by molar-refractivity contribution is -0.147. The summed E-state index contributed by atoms with van der Waals surface area (Å²) in [5.41, 5.74) is 5.13. The molecule has 0 radical (unpaired) electrons. The van der Waals surface area contributed by atoms with Crippen molar-refractivity contribution in [2.45, 2.75) is 18.6 Å². The van der Waals surface area contributed by atoms with Crippen LogP contribution in [0.15, 0.2) is 24.3 Å². The summed E-state index contributed by atoms with van der Waals surface area (Å²) in [6.45, 7) is 0. The van der Waals surface area contributed by atoms with Gasteiger partial charge in [-0.15, -0.1) is 0 Å². The van der Waals surface area contributed by atoms with Crippen molar-refractivity contribution in [2.24, 2.45) is 5.73 Å². The van der Waals surface area contributed by atoms with Crippen LogP contribution in [0.4, 0.5) is 17.6 Å². The van der Waals surface area contributed by atoms with Gasteiger partial charge in [0.25, 0.3) is 0 Å². The average Bonchev–Trinajstić information content (AvgIpc) is 2.02. The van der Waals surface area contributed by atoms with E-state index < -0.39 is 24.5 Å². The predicted molar refractivity (Wildman–Crippen MR) is 44.1 cm³/mol. The molecule has 0 fully saturated rings. The minimum atomic E-state index is -4.44. The molecule has 78 valence electrons. The van der Waals surface area contributed by atoms with Crippen LogP contribution in [0.3, 0.4) is 0 Å². The van der Waals surface area contributed by atoms with E-state index in [2.05, 4.69) is 0 Å². The molecule has 2 N–H and O–H groups in total. The lowest BCUT2D eigenvalue weighted by Gasteiger charge is -2.15. The van der Waals surface area contributed by atoms with Gasteiger partial charge in [-0.1, -0.05) is 12.1 Å². The van der Waals surface area contributed by atoms with Crippen molar-refractivity contribution < 1.29 is 17.6 Å². The Kier molecular flexibility index (Phi) is 3.10. The number of halogens is 4. The monoisotopic (exact) mass is 207 g/mol. The number of benzene rings is 1. The van der Waals surface area contributed by atoms with Gasteiger partial charge >= 0.3 is 6.18 Å². The van der Waals surface area contributed by atoms with E-state index in [1.807, 2.05) is 0 Å². The molecule has 1 nitrogen and oxygen atoms in total. The second-order valence-electron chi connectivity index (χ2n) is 2.98. The molecule has 0 aliphatic carbocycles. The van der Waals surface area contributed by atoms with E-state index in [-0.39, 0.29) is 5.56 Å². The maximum absolute atomic E-state index is 12.6. The summed E-state index contributed by atoms with van der Waals surface area (Å²) in [6, 6.07) is 3.04. The SMILES string of the molecule is N[C@H](Cc1cccc(F)c1)C(F)(F)F. The highest BCUT2D eigenvalue weighted by Gasteiger charge is 2.36. The Hall–Kier alpha value is -1.10. The van der Waals surface area contributed by atoms with Crippen LogP contribution in [-0.2, 0) is 6.42 Å². The summed E-state index contributed by atoms with van der Waals surface area (Å²) in [7, 11) is 0. The zero-order valence-electron chi connectivity index (χ0n) is 7.18. The molecule has 0 amide bonds. The zero-order chi connectivity index (χ0) is 10.8. The first-order valence-electron chi connectivity index (χ1n) is 3.96. The Morgan fingerprint density at radius 1 is 1.29 bits per heavy atom. The number of nitrogens with two attached hydrogens (primary N) is 1. The van der Waals surface area contributed by atoms with E-state index >= 15 is 0 Å². The minimum absolute atomic E-state index is 0.245. The quantitative estimate of drug-likeness (QED) is 0.739. The Labute approximate surface area is 78.5 Å². The van der Waals surface area contributed by atoms with Gasteiger partial charge in [0.1, 0.15) is 11.9 Å². The van der Waals surface area contributed by atoms with Crippen molar-refractivity contribution in [3.8, 4) is 0 Å². The average molecular weight is 207 g/mol. The summed E-state index contributed by atoms with van der Waals surface area (Å²) < 4.78 is 48.6. The third-order valence-electron chi connectivity index (χ3n) is 1.77. The zero-order valence-corrected chi connectivity index (χ0v) is 7.18. The van der Waals surface area contributed by atoms with Gasteiger partial charge in [-0.2, -0.15) is 13.2 Å². The molecule has 1 aromatic carbocycles. The minimum Gasteiger partial charge on any atom is -0.320 e. The maximum Gasteiger partial charge on any atom is 0.403 e. The second kappa shape index (κ2) is 3.96. The topological polar surface area (TPSA) is 26.0 Å². The Morgan fingerprint density at radius 2 is 1.93 bits per heavy atom. The highest BCUT2D eigenvalue weighted by atomic mass is 19.4. The number of rotatable bonds is 2. The molecule has 0 heterocycles. The van der Waals surface area contributed by atoms with Gasteiger partial charge in [0, 0.05) is 0 Å². The molecule has 0 saturated heterocycles. The molecule has 5 heteroatoms. The van der Waals surface area contributed by atoms with Crippen molar-refractivity contribution in [3.63, 3.8) is 0 Å². The smallest absolute Gasteiger partial charge is 0.320 e. The van der Waals surface area contributed by atoms with Crippen LogP contribution in [0, 0.1) is 5.82 Å². The molecule has 0 bridgehead atoms. The molecule has 0 aliphatic heterocycles. The van der Waals surface area contributed by atoms with Gasteiger partial charge in [0.05, 0.1) is 0 Å². The first-order chi connectivity index (χ1) is 6.39. The van der Waals surface area contributed by atoms with Crippen LogP contribution in [0.25, 0.3) is 0 Å². The van der Waals surface area contributed by atoms with Crippen LogP contribution in [0.1, 0.15) is 5.56 Å². The fourth-order valence-electron chi connectivity index (χ4n) is 1.03. The first kappa shape index (κ1) is 11.0. The standard InChI is InChI=1S/C9H9F4N/c10-7-3-1-2-6(4-7)5-8(14)9(11,12)13/h1-4,8H,5,14H2/t8-/m1/s1. The Balaban J connectivity index is 2.70. The molecule has 0 spiro atoms. The van der Waals surface area contributed by atoms with Gasteiger partial charge in [-0.3, -0.25) is 0 Å². The van der Waals surface area contributed by atoms with E-state index in [0.717, 1.165) is 6.07 Å². The molecule has 14 heavy (non-hydrogen) atoms. The molecule has 1 aromatic rings. The van der Waals surface area contributed by atoms with Crippen molar-refractivity contribution in [1.29, 1.82) is 0 Å². The van der Waals surface area contributed by atoms with Crippen molar-refractivity contribution in [3.05, 3.63) is 35.6 Å². The summed E-state index contributed by atoms with van der Waals surface area (Å²) in [4.78, 5) is 0. The summed E-state index contributed by atoms with van der Waals surface area (Å²) in [5.74, 6) is -0.558. The summed E-state index contributed by atoms with van der Waals surface area (Å²) in [5, 5.41) is 0. The molecular weight excluding hydrogens is 198 g/mol. The fourth-order valence-corrected chi connectivity index (χ4v) is 1.03. The lowest BCUT2D eigenvalue weighted by atomic mass is 10.1. The lowest BCUT2D eigenvalue weighted by Crippen LogP contribution is -2.39. The highest BCUT2D eigenvalue weighted by molar-refractivity contribution is 5.17. The normalized spacial score (nSPS) is 14.1. The highest BCUT2D eigenvalue weighted by Crippen LogP contribution is 2.21. The molecule has 0 unspecified atom stereocenters. The second-order valence-corrected chi connectivity index (χ2v) is 2.98. The number of hydrogen-bond acceptors (Lipinski definition) is 1. The molecule has 0 saturated carbocycles.